The van der Waals surface area contributed by atoms with Gasteiger partial charge in [-0.2, -0.15) is 0 Å². The lowest BCUT2D eigenvalue weighted by atomic mass is 10.1. The number of aromatic nitrogens is 1. The highest BCUT2D eigenvalue weighted by atomic mass is 35.5. The van der Waals surface area contributed by atoms with E-state index in [0.29, 0.717) is 11.4 Å². The van der Waals surface area contributed by atoms with Gasteiger partial charge in [-0.25, -0.2) is 4.98 Å². The van der Waals surface area contributed by atoms with Crippen molar-refractivity contribution in [2.75, 3.05) is 24.5 Å². The quantitative estimate of drug-likeness (QED) is 0.780. The number of amides is 1. The molecule has 132 valence electrons. The maximum Gasteiger partial charge on any atom is 0.261 e. The third-order valence-corrected chi connectivity index (χ3v) is 5.52. The molecule has 0 spiro atoms. The minimum absolute atomic E-state index is 0. The van der Waals surface area contributed by atoms with E-state index in [1.807, 2.05) is 19.9 Å². The highest BCUT2D eigenvalue weighted by molar-refractivity contribution is 7.29. The molecule has 2 heterocycles. The van der Waals surface area contributed by atoms with Crippen molar-refractivity contribution in [3.05, 3.63) is 10.9 Å². The monoisotopic (exact) mass is 398 g/mol. The number of nitrogens with two attached hydrogens (primary N) is 1. The highest BCUT2D eigenvalue weighted by Crippen LogP contribution is 2.34. The summed E-state index contributed by atoms with van der Waals surface area (Å²) in [6.07, 6.45) is 0. The van der Waals surface area contributed by atoms with Crippen molar-refractivity contribution < 1.29 is 4.79 Å². The van der Waals surface area contributed by atoms with Crippen molar-refractivity contribution in [1.29, 1.82) is 0 Å². The fourth-order valence-corrected chi connectivity index (χ4v) is 4.12. The van der Waals surface area contributed by atoms with Gasteiger partial charge in [0.25, 0.3) is 5.91 Å². The van der Waals surface area contributed by atoms with Gasteiger partial charge in [-0.3, -0.25) is 4.79 Å². The molecule has 0 aliphatic heterocycles. The van der Waals surface area contributed by atoms with Gasteiger partial charge in [0.2, 0.25) is 0 Å². The maximum atomic E-state index is 12.2. The van der Waals surface area contributed by atoms with E-state index in [4.69, 9.17) is 5.73 Å². The van der Waals surface area contributed by atoms with Crippen molar-refractivity contribution >= 4 is 68.1 Å². The van der Waals surface area contributed by atoms with Crippen molar-refractivity contribution in [3.8, 4) is 0 Å². The molecule has 2 rings (SSSR count). The summed E-state index contributed by atoms with van der Waals surface area (Å²) in [4.78, 5) is 20.7. The number of fused-ring (bicyclic) bond motifs is 1. The fraction of sp³-hybridized carbons (Fsp3) is 0.571. The number of anilines is 1. The first kappa shape index (κ1) is 22.4. The van der Waals surface area contributed by atoms with Crippen LogP contribution >= 0.6 is 47.5 Å². The summed E-state index contributed by atoms with van der Waals surface area (Å²) in [5, 5.41) is 3.97. The molecule has 0 aliphatic rings. The smallest absolute Gasteiger partial charge is 0.261 e. The first-order chi connectivity index (χ1) is 9.90. The number of halogens is 2. The molecule has 1 amide bonds. The van der Waals surface area contributed by atoms with Crippen LogP contribution in [-0.2, 0) is 0 Å². The summed E-state index contributed by atoms with van der Waals surface area (Å²) in [6, 6.07) is 1.92. The zero-order valence-corrected chi connectivity index (χ0v) is 17.0. The molecular formula is C14H24Cl2N4OS2. The Morgan fingerprint density at radius 2 is 1.91 bits per heavy atom. The van der Waals surface area contributed by atoms with Gasteiger partial charge < -0.3 is 16.0 Å². The normalized spacial score (nSPS) is 10.8. The second-order valence-corrected chi connectivity index (χ2v) is 7.53. The van der Waals surface area contributed by atoms with Gasteiger partial charge in [-0.05, 0) is 33.8 Å². The van der Waals surface area contributed by atoms with Gasteiger partial charge in [0.15, 0.2) is 5.13 Å². The third-order valence-electron chi connectivity index (χ3n) is 3.30. The van der Waals surface area contributed by atoms with Crippen LogP contribution in [0.1, 0.15) is 37.4 Å². The molecule has 0 radical (unpaired) electrons. The van der Waals surface area contributed by atoms with E-state index >= 15 is 0 Å². The Morgan fingerprint density at radius 1 is 1.30 bits per heavy atom. The van der Waals surface area contributed by atoms with E-state index in [0.717, 1.165) is 27.8 Å². The number of thiazole rings is 1. The van der Waals surface area contributed by atoms with Crippen molar-refractivity contribution in [2.45, 2.75) is 33.2 Å². The molecule has 0 aromatic carbocycles. The maximum absolute atomic E-state index is 12.2. The van der Waals surface area contributed by atoms with Crippen LogP contribution in [0, 0.1) is 0 Å². The standard InChI is InChI=1S/C14H22N4OS2.2ClH/c1-5-18(6-2)13-16-12-10(21-13)7-9(20-12)11(19)17-14(3,4)8-15;;/h7H,5-6,8,15H2,1-4H3,(H,17,19);2*1H. The Labute approximate surface area is 157 Å². The van der Waals surface area contributed by atoms with Gasteiger partial charge in [-0.15, -0.1) is 36.2 Å². The van der Waals surface area contributed by atoms with Crippen LogP contribution in [-0.4, -0.2) is 36.1 Å². The first-order valence-corrected chi connectivity index (χ1v) is 8.71. The second kappa shape index (κ2) is 9.03. The van der Waals surface area contributed by atoms with Crippen molar-refractivity contribution in [3.63, 3.8) is 0 Å². The van der Waals surface area contributed by atoms with E-state index in [2.05, 4.69) is 29.0 Å². The molecule has 3 N–H and O–H groups in total. The summed E-state index contributed by atoms with van der Waals surface area (Å²) in [7, 11) is 0. The zero-order chi connectivity index (χ0) is 15.6. The first-order valence-electron chi connectivity index (χ1n) is 7.08. The number of thiophene rings is 1. The minimum Gasteiger partial charge on any atom is -0.349 e. The van der Waals surface area contributed by atoms with E-state index in [1.54, 1.807) is 11.3 Å². The molecule has 0 saturated carbocycles. The lowest BCUT2D eigenvalue weighted by molar-refractivity contribution is 0.0920. The summed E-state index contributed by atoms with van der Waals surface area (Å²) in [6.45, 7) is 10.3. The molecule has 0 atom stereocenters. The SMILES string of the molecule is CCN(CC)c1nc2sc(C(=O)NC(C)(C)CN)cc2s1.Cl.Cl. The molecule has 23 heavy (non-hydrogen) atoms. The third kappa shape index (κ3) is 5.19. The Bertz CT molecular complexity index is 606. The average molecular weight is 399 g/mol. The number of nitrogens with zero attached hydrogens (tertiary/aromatic N) is 2. The molecule has 0 aliphatic carbocycles. The van der Waals surface area contributed by atoms with Crippen LogP contribution in [0.3, 0.4) is 0 Å². The topological polar surface area (TPSA) is 71.2 Å². The van der Waals surface area contributed by atoms with Crippen molar-refractivity contribution in [1.82, 2.24) is 10.3 Å². The summed E-state index contributed by atoms with van der Waals surface area (Å²) in [5.74, 6) is -0.0787. The van der Waals surface area contributed by atoms with E-state index in [1.165, 1.54) is 11.3 Å². The lowest BCUT2D eigenvalue weighted by Gasteiger charge is -2.23. The molecule has 0 bridgehead atoms. The fourth-order valence-electron chi connectivity index (χ4n) is 1.89. The van der Waals surface area contributed by atoms with Crippen molar-refractivity contribution in [2.24, 2.45) is 5.73 Å². The van der Waals surface area contributed by atoms with E-state index < -0.39 is 5.54 Å². The molecule has 5 nitrogen and oxygen atoms in total. The Balaban J connectivity index is 0.00000242. The van der Waals surface area contributed by atoms with Crippen LogP contribution in [0.15, 0.2) is 6.07 Å². The minimum atomic E-state index is -0.395. The Kier molecular flexibility index (Phi) is 8.80. The average Bonchev–Trinajstić information content (AvgIpc) is 2.98. The molecule has 0 saturated heterocycles. The predicted molar refractivity (Wildman–Crippen MR) is 106 cm³/mol. The molecule has 0 fully saturated rings. The Morgan fingerprint density at radius 3 is 2.39 bits per heavy atom. The predicted octanol–water partition coefficient (Wildman–Crippen LogP) is 3.51. The number of nitrogens with one attached hydrogen (secondary N) is 1. The molecule has 2 aromatic heterocycles. The van der Waals surface area contributed by atoms with Crippen LogP contribution < -0.4 is 16.0 Å². The molecule has 0 unspecified atom stereocenters. The van der Waals surface area contributed by atoms with Crippen LogP contribution in [0.25, 0.3) is 9.53 Å². The molecule has 2 aromatic rings. The summed E-state index contributed by atoms with van der Waals surface area (Å²) < 4.78 is 1.07. The van der Waals surface area contributed by atoms with Gasteiger partial charge in [0, 0.05) is 25.2 Å². The number of hydrogen-bond acceptors (Lipinski definition) is 6. The second-order valence-electron chi connectivity index (χ2n) is 5.49. The van der Waals surface area contributed by atoms with Gasteiger partial charge >= 0.3 is 0 Å². The summed E-state index contributed by atoms with van der Waals surface area (Å²) >= 11 is 3.07. The van der Waals surface area contributed by atoms with Crippen LogP contribution in [0.2, 0.25) is 0 Å². The van der Waals surface area contributed by atoms with E-state index in [9.17, 15) is 4.79 Å². The molecule has 9 heteroatoms. The zero-order valence-electron chi connectivity index (χ0n) is 13.7. The van der Waals surface area contributed by atoms with Crippen LogP contribution in [0.4, 0.5) is 5.13 Å². The largest absolute Gasteiger partial charge is 0.349 e. The number of carbonyl (C=O) groups is 1. The van der Waals surface area contributed by atoms with Gasteiger partial charge in [0.1, 0.15) is 4.83 Å². The number of rotatable bonds is 6. The van der Waals surface area contributed by atoms with Crippen LogP contribution in [0.5, 0.6) is 0 Å². The molecular weight excluding hydrogens is 375 g/mol. The highest BCUT2D eigenvalue weighted by Gasteiger charge is 2.22. The van der Waals surface area contributed by atoms with E-state index in [-0.39, 0.29) is 30.7 Å². The number of carbonyl (C=O) groups excluding carboxylic acids is 1. The van der Waals surface area contributed by atoms with Gasteiger partial charge in [-0.1, -0.05) is 11.3 Å². The Hall–Kier alpha value is -0.600. The summed E-state index contributed by atoms with van der Waals surface area (Å²) in [5.41, 5.74) is 5.25. The lowest BCUT2D eigenvalue weighted by Crippen LogP contribution is -2.48. The van der Waals surface area contributed by atoms with Gasteiger partial charge in [0.05, 0.1) is 9.58 Å². The number of hydrogen-bond donors (Lipinski definition) is 2.